The van der Waals surface area contributed by atoms with E-state index in [1.807, 2.05) is 19.0 Å². The van der Waals surface area contributed by atoms with Crippen molar-refractivity contribution in [2.45, 2.75) is 0 Å². The molecule has 0 aliphatic heterocycles. The van der Waals surface area contributed by atoms with Crippen LogP contribution in [0.2, 0.25) is 0 Å². The normalized spacial score (nSPS) is 11.0. The average molecular weight is 436 g/mol. The Kier molecular flexibility index (Phi) is 7.83. The Balaban J connectivity index is 2.56. The van der Waals surface area contributed by atoms with Gasteiger partial charge in [-0.05, 0) is 30.3 Å². The summed E-state index contributed by atoms with van der Waals surface area (Å²) in [5.41, 5.74) is 1.69. The maximum absolute atomic E-state index is 13.0. The number of carbonyl (C=O) groups excluding carboxylic acids is 1. The molecule has 30 heavy (non-hydrogen) atoms. The van der Waals surface area contributed by atoms with Crippen LogP contribution in [0.25, 0.3) is 6.08 Å². The molecule has 0 aliphatic rings. The topological polar surface area (TPSA) is 66.5 Å². The van der Waals surface area contributed by atoms with Crippen molar-refractivity contribution in [3.8, 4) is 28.7 Å². The van der Waals surface area contributed by atoms with Gasteiger partial charge in [0, 0.05) is 25.2 Å². The van der Waals surface area contributed by atoms with E-state index in [9.17, 15) is 4.79 Å². The molecule has 8 heteroatoms. The second-order valence-corrected chi connectivity index (χ2v) is 6.78. The van der Waals surface area contributed by atoms with Gasteiger partial charge in [-0.2, -0.15) is 0 Å². The quantitative estimate of drug-likeness (QED) is 0.430. The van der Waals surface area contributed by atoms with Crippen molar-refractivity contribution in [2.75, 3.05) is 54.5 Å². The Morgan fingerprint density at radius 3 is 1.93 bits per heavy atom. The number of carbonyl (C=O) groups is 1. The summed E-state index contributed by atoms with van der Waals surface area (Å²) < 4.78 is 27.0. The number of methoxy groups -OCH3 is 5. The third-order valence-corrected chi connectivity index (χ3v) is 4.72. The van der Waals surface area contributed by atoms with E-state index in [2.05, 4.69) is 0 Å². The van der Waals surface area contributed by atoms with Crippen molar-refractivity contribution in [3.05, 3.63) is 40.4 Å². The van der Waals surface area contributed by atoms with E-state index < -0.39 is 0 Å². The molecular formula is C22H26ClNO6. The Bertz CT molecular complexity index is 955. The van der Waals surface area contributed by atoms with Crippen molar-refractivity contribution >= 4 is 29.1 Å². The van der Waals surface area contributed by atoms with Crippen LogP contribution in [-0.2, 0) is 0 Å². The van der Waals surface area contributed by atoms with E-state index in [1.165, 1.54) is 34.5 Å². The summed E-state index contributed by atoms with van der Waals surface area (Å²) in [6.07, 6.45) is 1.51. The highest BCUT2D eigenvalue weighted by atomic mass is 35.5. The molecule has 0 saturated carbocycles. The van der Waals surface area contributed by atoms with Crippen molar-refractivity contribution < 1.29 is 28.5 Å². The van der Waals surface area contributed by atoms with Gasteiger partial charge in [0.1, 0.15) is 5.75 Å². The fourth-order valence-corrected chi connectivity index (χ4v) is 3.21. The van der Waals surface area contributed by atoms with E-state index in [4.69, 9.17) is 35.3 Å². The molecule has 0 atom stereocenters. The minimum absolute atomic E-state index is 0.00236. The van der Waals surface area contributed by atoms with Crippen LogP contribution in [0, 0.1) is 0 Å². The average Bonchev–Trinajstić information content (AvgIpc) is 2.76. The predicted molar refractivity (Wildman–Crippen MR) is 118 cm³/mol. The van der Waals surface area contributed by atoms with Crippen molar-refractivity contribution in [3.63, 3.8) is 0 Å². The summed E-state index contributed by atoms with van der Waals surface area (Å²) in [6.45, 7) is 0. The van der Waals surface area contributed by atoms with Crippen LogP contribution in [0.4, 0.5) is 5.69 Å². The second kappa shape index (κ2) is 10.1. The summed E-state index contributed by atoms with van der Waals surface area (Å²) in [4.78, 5) is 14.8. The fraction of sp³-hybridized carbons (Fsp3) is 0.318. The molecule has 0 saturated heterocycles. The molecule has 0 spiro atoms. The Morgan fingerprint density at radius 1 is 0.833 bits per heavy atom. The minimum Gasteiger partial charge on any atom is -0.495 e. The van der Waals surface area contributed by atoms with Gasteiger partial charge in [-0.3, -0.25) is 4.79 Å². The van der Waals surface area contributed by atoms with Gasteiger partial charge < -0.3 is 28.6 Å². The summed E-state index contributed by atoms with van der Waals surface area (Å²) in [5.74, 6) is 1.80. The summed E-state index contributed by atoms with van der Waals surface area (Å²) in [6, 6.07) is 6.78. The first-order chi connectivity index (χ1) is 14.3. The van der Waals surface area contributed by atoms with Crippen LogP contribution in [-0.4, -0.2) is 55.4 Å². The van der Waals surface area contributed by atoms with E-state index in [0.717, 1.165) is 5.69 Å². The first kappa shape index (κ1) is 23.2. The maximum atomic E-state index is 13.0. The zero-order chi connectivity index (χ0) is 22.4. The number of hydrogen-bond acceptors (Lipinski definition) is 7. The summed E-state index contributed by atoms with van der Waals surface area (Å²) in [7, 11) is 11.3. The van der Waals surface area contributed by atoms with Gasteiger partial charge in [-0.25, -0.2) is 0 Å². The van der Waals surface area contributed by atoms with Crippen LogP contribution < -0.4 is 28.6 Å². The van der Waals surface area contributed by atoms with Crippen LogP contribution in [0.1, 0.15) is 15.9 Å². The summed E-state index contributed by atoms with van der Waals surface area (Å²) in [5, 5.41) is -0.00236. The highest BCUT2D eigenvalue weighted by molar-refractivity contribution is 6.47. The standard InChI is InChI=1S/C22H26ClNO6/c1-24(2)16-11-13(8-9-17(16)26-3)19(25)15(23)10-14-12-18(27-4)21(29-6)22(30-7)20(14)28-5/h8-12H,1-7H3. The highest BCUT2D eigenvalue weighted by Crippen LogP contribution is 2.47. The zero-order valence-electron chi connectivity index (χ0n) is 18.2. The molecule has 2 aromatic rings. The van der Waals surface area contributed by atoms with E-state index in [0.29, 0.717) is 39.9 Å². The van der Waals surface area contributed by atoms with E-state index in [-0.39, 0.29) is 10.8 Å². The molecule has 0 heterocycles. The van der Waals surface area contributed by atoms with E-state index >= 15 is 0 Å². The van der Waals surface area contributed by atoms with Crippen LogP contribution >= 0.6 is 11.6 Å². The smallest absolute Gasteiger partial charge is 0.207 e. The molecular weight excluding hydrogens is 410 g/mol. The molecule has 2 rings (SSSR count). The molecule has 0 bridgehead atoms. The Morgan fingerprint density at radius 2 is 1.43 bits per heavy atom. The Labute approximate surface area is 181 Å². The number of Topliss-reactive ketones (excluding diaryl/α,β-unsaturated/α-hetero) is 1. The first-order valence-electron chi connectivity index (χ1n) is 8.97. The minimum atomic E-state index is -0.349. The van der Waals surface area contributed by atoms with Crippen LogP contribution in [0.5, 0.6) is 28.7 Å². The van der Waals surface area contributed by atoms with Gasteiger partial charge in [0.25, 0.3) is 0 Å². The maximum Gasteiger partial charge on any atom is 0.207 e. The number of hydrogen-bond donors (Lipinski definition) is 0. The SMILES string of the molecule is COc1ccc(C(=O)C(Cl)=Cc2cc(OC)c(OC)c(OC)c2OC)cc1N(C)C. The zero-order valence-corrected chi connectivity index (χ0v) is 18.9. The monoisotopic (exact) mass is 435 g/mol. The number of rotatable bonds is 9. The number of benzene rings is 2. The van der Waals surface area contributed by atoms with Crippen molar-refractivity contribution in [1.82, 2.24) is 0 Å². The highest BCUT2D eigenvalue weighted by Gasteiger charge is 2.22. The number of ketones is 1. The molecule has 0 fully saturated rings. The third kappa shape index (κ3) is 4.57. The lowest BCUT2D eigenvalue weighted by atomic mass is 10.1. The summed E-state index contributed by atoms with van der Waals surface area (Å²) >= 11 is 6.40. The lowest BCUT2D eigenvalue weighted by Gasteiger charge is -2.18. The van der Waals surface area contributed by atoms with Gasteiger partial charge in [0.15, 0.2) is 11.5 Å². The lowest BCUT2D eigenvalue weighted by Crippen LogP contribution is -2.11. The molecule has 2 aromatic carbocycles. The van der Waals surface area contributed by atoms with Gasteiger partial charge in [-0.1, -0.05) is 11.6 Å². The molecule has 162 valence electrons. The molecule has 0 aliphatic carbocycles. The van der Waals surface area contributed by atoms with Gasteiger partial charge >= 0.3 is 0 Å². The molecule has 0 N–H and O–H groups in total. The van der Waals surface area contributed by atoms with Crippen molar-refractivity contribution in [2.24, 2.45) is 0 Å². The molecule has 0 amide bonds. The first-order valence-corrected chi connectivity index (χ1v) is 9.34. The number of allylic oxidation sites excluding steroid dienone is 1. The third-order valence-electron chi connectivity index (χ3n) is 4.44. The number of ether oxygens (including phenoxy) is 5. The van der Waals surface area contributed by atoms with E-state index in [1.54, 1.807) is 31.4 Å². The lowest BCUT2D eigenvalue weighted by molar-refractivity contribution is 0.104. The number of nitrogens with zero attached hydrogens (tertiary/aromatic N) is 1. The van der Waals surface area contributed by atoms with Crippen molar-refractivity contribution in [1.29, 1.82) is 0 Å². The molecule has 0 radical (unpaired) electrons. The van der Waals surface area contributed by atoms with Crippen LogP contribution in [0.15, 0.2) is 29.3 Å². The second-order valence-electron chi connectivity index (χ2n) is 6.37. The predicted octanol–water partition coefficient (Wildman–Crippen LogP) is 4.26. The fourth-order valence-electron chi connectivity index (χ4n) is 2.99. The molecule has 0 aromatic heterocycles. The molecule has 7 nitrogen and oxygen atoms in total. The largest absolute Gasteiger partial charge is 0.495 e. The Hall–Kier alpha value is -3.06. The van der Waals surface area contributed by atoms with Gasteiger partial charge in [0.2, 0.25) is 17.3 Å². The molecule has 0 unspecified atom stereocenters. The van der Waals surface area contributed by atoms with Gasteiger partial charge in [0.05, 0.1) is 46.3 Å². The van der Waals surface area contributed by atoms with Crippen LogP contribution in [0.3, 0.4) is 0 Å². The number of halogens is 1. The van der Waals surface area contributed by atoms with Gasteiger partial charge in [-0.15, -0.1) is 0 Å². The number of anilines is 1.